The molecule has 0 amide bonds. The molecule has 17 heavy (non-hydrogen) atoms. The number of nitrogens with zero attached hydrogens (tertiary/aromatic N) is 2. The summed E-state index contributed by atoms with van der Waals surface area (Å²) in [6.07, 6.45) is 1.73. The molecule has 0 atom stereocenters. The number of halogens is 1. The first-order valence-corrected chi connectivity index (χ1v) is 5.54. The van der Waals surface area contributed by atoms with Gasteiger partial charge in [-0.1, -0.05) is 6.07 Å². The highest BCUT2D eigenvalue weighted by Crippen LogP contribution is 2.17. The van der Waals surface area contributed by atoms with E-state index in [-0.39, 0.29) is 12.5 Å². The molecule has 0 N–H and O–H groups in total. The predicted octanol–water partition coefficient (Wildman–Crippen LogP) is 2.21. The van der Waals surface area contributed by atoms with Crippen molar-refractivity contribution in [3.8, 4) is 6.07 Å². The average molecular weight is 249 g/mol. The third-order valence-electron chi connectivity index (χ3n) is 2.32. The van der Waals surface area contributed by atoms with Crippen LogP contribution in [0.5, 0.6) is 0 Å². The number of fused-ring (bicyclic) bond motifs is 1. The Labute approximate surface area is 103 Å². The molecule has 0 aliphatic carbocycles. The van der Waals surface area contributed by atoms with E-state index in [0.29, 0.717) is 16.8 Å². The topological polar surface area (TPSA) is 54.5 Å². The molecular formula is C12H9ClN2O2. The lowest BCUT2D eigenvalue weighted by Gasteiger charge is -2.01. The summed E-state index contributed by atoms with van der Waals surface area (Å²) >= 11 is 5.45. The van der Waals surface area contributed by atoms with E-state index >= 15 is 0 Å². The van der Waals surface area contributed by atoms with Crippen LogP contribution in [-0.4, -0.2) is 22.9 Å². The summed E-state index contributed by atoms with van der Waals surface area (Å²) in [5.74, 6) is -0.210. The zero-order valence-electron chi connectivity index (χ0n) is 8.89. The van der Waals surface area contributed by atoms with E-state index in [2.05, 4.69) is 0 Å². The number of hydrogen-bond acceptors (Lipinski definition) is 3. The monoisotopic (exact) mass is 248 g/mol. The molecule has 0 saturated carbocycles. The van der Waals surface area contributed by atoms with Gasteiger partial charge in [-0.05, 0) is 18.2 Å². The van der Waals surface area contributed by atoms with Crippen molar-refractivity contribution >= 4 is 23.1 Å². The summed E-state index contributed by atoms with van der Waals surface area (Å²) in [7, 11) is 0. The number of hydrogen-bond donors (Lipinski definition) is 0. The van der Waals surface area contributed by atoms with Crippen molar-refractivity contribution in [2.75, 3.05) is 12.5 Å². The van der Waals surface area contributed by atoms with Gasteiger partial charge in [0.05, 0.1) is 17.0 Å². The second kappa shape index (κ2) is 4.89. The van der Waals surface area contributed by atoms with Crippen molar-refractivity contribution in [1.29, 1.82) is 5.26 Å². The number of ether oxygens (including phenoxy) is 1. The van der Waals surface area contributed by atoms with Crippen molar-refractivity contribution in [2.24, 2.45) is 0 Å². The number of aromatic nitrogens is 1. The Morgan fingerprint density at radius 2 is 2.35 bits per heavy atom. The van der Waals surface area contributed by atoms with Crippen molar-refractivity contribution in [2.45, 2.75) is 0 Å². The minimum atomic E-state index is -0.462. The number of nitriles is 1. The summed E-state index contributed by atoms with van der Waals surface area (Å²) in [5.41, 5.74) is 1.44. The molecule has 2 aromatic rings. The Bertz CT molecular complexity index is 598. The highest BCUT2D eigenvalue weighted by molar-refractivity contribution is 6.18. The van der Waals surface area contributed by atoms with Gasteiger partial charge in [-0.15, -0.1) is 11.6 Å². The van der Waals surface area contributed by atoms with Gasteiger partial charge in [0.15, 0.2) is 0 Å². The summed E-state index contributed by atoms with van der Waals surface area (Å²) < 4.78 is 6.60. The van der Waals surface area contributed by atoms with Gasteiger partial charge in [0.1, 0.15) is 18.4 Å². The number of esters is 1. The van der Waals surface area contributed by atoms with Crippen molar-refractivity contribution in [3.63, 3.8) is 0 Å². The van der Waals surface area contributed by atoms with Gasteiger partial charge in [-0.3, -0.25) is 0 Å². The van der Waals surface area contributed by atoms with Crippen molar-refractivity contribution in [1.82, 2.24) is 4.40 Å². The lowest BCUT2D eigenvalue weighted by atomic mass is 10.2. The number of rotatable bonds is 3. The van der Waals surface area contributed by atoms with Crippen molar-refractivity contribution < 1.29 is 9.53 Å². The zero-order valence-corrected chi connectivity index (χ0v) is 9.65. The molecule has 0 unspecified atom stereocenters. The lowest BCUT2D eigenvalue weighted by Crippen LogP contribution is -2.06. The molecule has 0 aliphatic rings. The number of pyridine rings is 1. The molecule has 5 heteroatoms. The second-order valence-electron chi connectivity index (χ2n) is 3.34. The van der Waals surface area contributed by atoms with Crippen LogP contribution in [0.3, 0.4) is 0 Å². The van der Waals surface area contributed by atoms with Crippen LogP contribution in [0.25, 0.3) is 5.52 Å². The average Bonchev–Trinajstić information content (AvgIpc) is 2.75. The third-order valence-corrected chi connectivity index (χ3v) is 2.48. The summed E-state index contributed by atoms with van der Waals surface area (Å²) in [6, 6.07) is 8.91. The fraction of sp³-hybridized carbons (Fsp3) is 0.167. The van der Waals surface area contributed by atoms with Gasteiger partial charge in [0.25, 0.3) is 0 Å². The molecule has 86 valence electrons. The van der Waals surface area contributed by atoms with E-state index in [0.717, 1.165) is 0 Å². The zero-order chi connectivity index (χ0) is 12.3. The maximum atomic E-state index is 11.7. The van der Waals surface area contributed by atoms with Crippen LogP contribution in [0.15, 0.2) is 30.5 Å². The smallest absolute Gasteiger partial charge is 0.340 e. The van der Waals surface area contributed by atoms with E-state index in [1.54, 1.807) is 28.8 Å². The first-order valence-electron chi connectivity index (χ1n) is 5.01. The van der Waals surface area contributed by atoms with Crippen molar-refractivity contribution in [3.05, 3.63) is 41.7 Å². The quantitative estimate of drug-likeness (QED) is 0.618. The minimum Gasteiger partial charge on any atom is -0.461 e. The molecule has 2 aromatic heterocycles. The van der Waals surface area contributed by atoms with Gasteiger partial charge >= 0.3 is 5.97 Å². The Morgan fingerprint density at radius 3 is 3.06 bits per heavy atom. The molecule has 0 fully saturated rings. The molecule has 0 radical (unpaired) electrons. The Morgan fingerprint density at radius 1 is 1.53 bits per heavy atom. The van der Waals surface area contributed by atoms with Crippen LogP contribution in [0, 0.1) is 11.3 Å². The Hall–Kier alpha value is -1.99. The number of carbonyl (C=O) groups excluding carboxylic acids is 1. The van der Waals surface area contributed by atoms with Crippen LogP contribution in [-0.2, 0) is 4.74 Å². The standard InChI is InChI=1S/C12H9ClN2O2/c13-4-6-17-12(16)10-7-9(8-14)15-5-2-1-3-11(10)15/h1-3,5,7H,4,6H2. The predicted molar refractivity (Wildman–Crippen MR) is 63.1 cm³/mol. The molecule has 4 nitrogen and oxygen atoms in total. The van der Waals surface area contributed by atoms with E-state index in [1.807, 2.05) is 6.07 Å². The number of carbonyl (C=O) groups is 1. The first kappa shape index (κ1) is 11.5. The van der Waals surface area contributed by atoms with E-state index in [1.165, 1.54) is 6.07 Å². The normalized spacial score (nSPS) is 10.1. The fourth-order valence-corrected chi connectivity index (χ4v) is 1.69. The molecule has 0 aliphatic heterocycles. The van der Waals surface area contributed by atoms with Gasteiger partial charge in [0.2, 0.25) is 0 Å². The largest absolute Gasteiger partial charge is 0.461 e. The van der Waals surface area contributed by atoms with Crippen LogP contribution in [0.1, 0.15) is 16.1 Å². The first-order chi connectivity index (χ1) is 8.27. The van der Waals surface area contributed by atoms with Gasteiger partial charge in [-0.2, -0.15) is 5.26 Å². The molecule has 0 aromatic carbocycles. The van der Waals surface area contributed by atoms with Gasteiger partial charge in [-0.25, -0.2) is 4.79 Å². The minimum absolute atomic E-state index is 0.159. The molecule has 2 rings (SSSR count). The molecular weight excluding hydrogens is 240 g/mol. The fourth-order valence-electron chi connectivity index (χ4n) is 1.61. The molecule has 0 saturated heterocycles. The van der Waals surface area contributed by atoms with Crippen LogP contribution in [0.2, 0.25) is 0 Å². The molecule has 2 heterocycles. The number of alkyl halides is 1. The van der Waals surface area contributed by atoms with Crippen LogP contribution >= 0.6 is 11.6 Å². The van der Waals surface area contributed by atoms with Crippen LogP contribution < -0.4 is 0 Å². The maximum Gasteiger partial charge on any atom is 0.340 e. The third kappa shape index (κ3) is 2.10. The summed E-state index contributed by atoms with van der Waals surface area (Å²) in [5, 5.41) is 8.96. The molecule has 0 bridgehead atoms. The summed E-state index contributed by atoms with van der Waals surface area (Å²) in [4.78, 5) is 11.7. The summed E-state index contributed by atoms with van der Waals surface area (Å²) in [6.45, 7) is 0.159. The SMILES string of the molecule is N#Cc1cc(C(=O)OCCCl)c2ccccn12. The highest BCUT2D eigenvalue weighted by atomic mass is 35.5. The van der Waals surface area contributed by atoms with E-state index < -0.39 is 5.97 Å². The van der Waals surface area contributed by atoms with Crippen LogP contribution in [0.4, 0.5) is 0 Å². The Balaban J connectivity index is 2.48. The maximum absolute atomic E-state index is 11.7. The molecule has 0 spiro atoms. The van der Waals surface area contributed by atoms with Gasteiger partial charge in [0, 0.05) is 6.20 Å². The second-order valence-corrected chi connectivity index (χ2v) is 3.71. The van der Waals surface area contributed by atoms with E-state index in [4.69, 9.17) is 21.6 Å². The Kier molecular flexibility index (Phi) is 3.31. The van der Waals surface area contributed by atoms with E-state index in [9.17, 15) is 4.79 Å². The highest BCUT2D eigenvalue weighted by Gasteiger charge is 2.15. The van der Waals surface area contributed by atoms with Gasteiger partial charge < -0.3 is 9.14 Å². The lowest BCUT2D eigenvalue weighted by molar-refractivity contribution is 0.0531.